The number of aliphatic hydroxyl groups is 1. The Morgan fingerprint density at radius 2 is 2.09 bits per heavy atom. The molecule has 2 N–H and O–H groups in total. The van der Waals surface area contributed by atoms with Gasteiger partial charge in [-0.05, 0) is 39.3 Å². The Morgan fingerprint density at radius 1 is 1.30 bits per heavy atom. The van der Waals surface area contributed by atoms with Gasteiger partial charge in [0.25, 0.3) is 5.91 Å². The van der Waals surface area contributed by atoms with E-state index in [-0.39, 0.29) is 11.8 Å². The van der Waals surface area contributed by atoms with E-state index >= 15 is 0 Å². The van der Waals surface area contributed by atoms with E-state index in [0.29, 0.717) is 31.0 Å². The van der Waals surface area contributed by atoms with Gasteiger partial charge in [-0.15, -0.1) is 0 Å². The highest BCUT2D eigenvalue weighted by Crippen LogP contribution is 2.22. The van der Waals surface area contributed by atoms with E-state index in [9.17, 15) is 9.90 Å². The number of rotatable bonds is 3. The van der Waals surface area contributed by atoms with Gasteiger partial charge in [-0.2, -0.15) is 5.10 Å². The Kier molecular flexibility index (Phi) is 4.12. The van der Waals surface area contributed by atoms with Gasteiger partial charge in [0.15, 0.2) is 0 Å². The third-order valence-electron chi connectivity index (χ3n) is 4.11. The maximum atomic E-state index is 12.6. The van der Waals surface area contributed by atoms with Crippen molar-refractivity contribution in [1.82, 2.24) is 25.1 Å². The van der Waals surface area contributed by atoms with Crippen LogP contribution in [0.25, 0.3) is 0 Å². The van der Waals surface area contributed by atoms with Gasteiger partial charge in [0.2, 0.25) is 0 Å². The molecule has 23 heavy (non-hydrogen) atoms. The number of aromatic nitrogens is 4. The van der Waals surface area contributed by atoms with Crippen LogP contribution in [0.2, 0.25) is 0 Å². The van der Waals surface area contributed by atoms with Gasteiger partial charge in [0.05, 0.1) is 11.8 Å². The quantitative estimate of drug-likeness (QED) is 0.873. The van der Waals surface area contributed by atoms with Gasteiger partial charge in [0.1, 0.15) is 11.5 Å². The first kappa shape index (κ1) is 15.6. The van der Waals surface area contributed by atoms with Gasteiger partial charge in [0, 0.05) is 30.4 Å². The van der Waals surface area contributed by atoms with Crippen molar-refractivity contribution in [1.29, 1.82) is 0 Å². The number of nitrogens with one attached hydrogen (secondary N) is 1. The number of aliphatic hydroxyl groups excluding tert-OH is 1. The van der Waals surface area contributed by atoms with Crippen LogP contribution < -0.4 is 0 Å². The molecule has 3 rings (SSSR count). The SMILES string of the molecule is Cc1cc(C(=O)N2C[C@@H](Cc3cc(C)[nH]n3)[C@@H](O)C2)nc(C)n1. The number of β-amino-alcohol motifs (C(OH)–C–C–N with tert-alkyl or cyclic N) is 1. The summed E-state index contributed by atoms with van der Waals surface area (Å²) in [4.78, 5) is 22.7. The molecule has 2 aromatic rings. The van der Waals surface area contributed by atoms with Crippen LogP contribution in [0.5, 0.6) is 0 Å². The molecule has 2 aromatic heterocycles. The van der Waals surface area contributed by atoms with Gasteiger partial charge in [-0.3, -0.25) is 9.89 Å². The topological polar surface area (TPSA) is 95.0 Å². The van der Waals surface area contributed by atoms with Crippen molar-refractivity contribution in [3.8, 4) is 0 Å². The van der Waals surface area contributed by atoms with Crippen LogP contribution in [0.3, 0.4) is 0 Å². The lowest BCUT2D eigenvalue weighted by molar-refractivity contribution is 0.0758. The van der Waals surface area contributed by atoms with E-state index in [2.05, 4.69) is 20.2 Å². The van der Waals surface area contributed by atoms with Crippen molar-refractivity contribution in [2.24, 2.45) is 5.92 Å². The standard InChI is InChI=1S/C16H21N5O2/c1-9-5-14(18-11(3)17-9)16(23)21-7-12(15(22)8-21)6-13-4-10(2)19-20-13/h4-5,12,15,22H,6-8H2,1-3H3,(H,19,20)/t12-,15+/m1/s1. The largest absolute Gasteiger partial charge is 0.391 e. The Bertz CT molecular complexity index is 707. The van der Waals surface area contributed by atoms with Crippen LogP contribution >= 0.6 is 0 Å². The molecular weight excluding hydrogens is 294 g/mol. The molecule has 122 valence electrons. The predicted octanol–water partition coefficient (Wildman–Crippen LogP) is 0.801. The summed E-state index contributed by atoms with van der Waals surface area (Å²) in [5.41, 5.74) is 3.06. The molecule has 2 atom stereocenters. The van der Waals surface area contributed by atoms with E-state index < -0.39 is 6.10 Å². The molecule has 7 heteroatoms. The third kappa shape index (κ3) is 3.39. The van der Waals surface area contributed by atoms with Crippen molar-refractivity contribution < 1.29 is 9.90 Å². The number of carbonyl (C=O) groups is 1. The molecule has 1 aliphatic rings. The zero-order chi connectivity index (χ0) is 16.6. The van der Waals surface area contributed by atoms with Crippen molar-refractivity contribution in [3.05, 3.63) is 40.7 Å². The summed E-state index contributed by atoms with van der Waals surface area (Å²) in [7, 11) is 0. The number of hydrogen-bond donors (Lipinski definition) is 2. The molecule has 0 aliphatic carbocycles. The minimum absolute atomic E-state index is 0.00863. The zero-order valence-corrected chi connectivity index (χ0v) is 13.6. The fraction of sp³-hybridized carbons (Fsp3) is 0.500. The highest BCUT2D eigenvalue weighted by molar-refractivity contribution is 5.92. The lowest BCUT2D eigenvalue weighted by atomic mass is 10.0. The van der Waals surface area contributed by atoms with E-state index in [0.717, 1.165) is 17.1 Å². The number of amides is 1. The number of likely N-dealkylation sites (tertiary alicyclic amines) is 1. The highest BCUT2D eigenvalue weighted by Gasteiger charge is 2.35. The first-order valence-corrected chi connectivity index (χ1v) is 7.73. The molecule has 1 aliphatic heterocycles. The number of hydrogen-bond acceptors (Lipinski definition) is 5. The second-order valence-electron chi connectivity index (χ2n) is 6.23. The van der Waals surface area contributed by atoms with Gasteiger partial charge in [-0.1, -0.05) is 0 Å². The maximum Gasteiger partial charge on any atom is 0.272 e. The fourth-order valence-electron chi connectivity index (χ4n) is 3.06. The Morgan fingerprint density at radius 3 is 2.74 bits per heavy atom. The summed E-state index contributed by atoms with van der Waals surface area (Å²) in [5, 5.41) is 17.4. The van der Waals surface area contributed by atoms with Crippen LogP contribution in [0.15, 0.2) is 12.1 Å². The molecule has 0 aromatic carbocycles. The lowest BCUT2D eigenvalue weighted by Gasteiger charge is -2.15. The summed E-state index contributed by atoms with van der Waals surface area (Å²) < 4.78 is 0. The molecule has 1 amide bonds. The second kappa shape index (κ2) is 6.08. The van der Waals surface area contributed by atoms with Crippen LogP contribution in [0.4, 0.5) is 0 Å². The number of aryl methyl sites for hydroxylation is 3. The first-order chi connectivity index (χ1) is 10.9. The van der Waals surface area contributed by atoms with E-state index in [1.807, 2.05) is 19.9 Å². The van der Waals surface area contributed by atoms with Crippen LogP contribution in [-0.4, -0.2) is 55.3 Å². The second-order valence-corrected chi connectivity index (χ2v) is 6.23. The van der Waals surface area contributed by atoms with Crippen molar-refractivity contribution in [2.75, 3.05) is 13.1 Å². The summed E-state index contributed by atoms with van der Waals surface area (Å²) in [5.74, 6) is 0.417. The molecule has 1 fully saturated rings. The molecule has 0 bridgehead atoms. The molecule has 0 unspecified atom stereocenters. The molecule has 1 saturated heterocycles. The molecule has 0 saturated carbocycles. The number of H-pyrrole nitrogens is 1. The first-order valence-electron chi connectivity index (χ1n) is 7.73. The summed E-state index contributed by atoms with van der Waals surface area (Å²) in [6, 6.07) is 3.65. The Labute approximate surface area is 134 Å². The smallest absolute Gasteiger partial charge is 0.272 e. The minimum atomic E-state index is -0.542. The monoisotopic (exact) mass is 315 g/mol. The van der Waals surface area contributed by atoms with Gasteiger partial charge >= 0.3 is 0 Å². The molecule has 0 spiro atoms. The van der Waals surface area contributed by atoms with Crippen molar-refractivity contribution in [3.63, 3.8) is 0 Å². The summed E-state index contributed by atoms with van der Waals surface area (Å²) in [6.45, 7) is 6.39. The molecule has 0 radical (unpaired) electrons. The summed E-state index contributed by atoms with van der Waals surface area (Å²) in [6.07, 6.45) is 0.108. The average molecular weight is 315 g/mol. The van der Waals surface area contributed by atoms with Crippen molar-refractivity contribution >= 4 is 5.91 Å². The maximum absolute atomic E-state index is 12.6. The van der Waals surface area contributed by atoms with E-state index in [4.69, 9.17) is 0 Å². The van der Waals surface area contributed by atoms with E-state index in [1.54, 1.807) is 17.9 Å². The minimum Gasteiger partial charge on any atom is -0.391 e. The number of nitrogens with zero attached hydrogens (tertiary/aromatic N) is 4. The van der Waals surface area contributed by atoms with Crippen molar-refractivity contribution in [2.45, 2.75) is 33.3 Å². The normalized spacial score (nSPS) is 21.0. The average Bonchev–Trinajstić information content (AvgIpc) is 3.04. The predicted molar refractivity (Wildman–Crippen MR) is 83.9 cm³/mol. The zero-order valence-electron chi connectivity index (χ0n) is 13.6. The van der Waals surface area contributed by atoms with Crippen LogP contribution in [-0.2, 0) is 6.42 Å². The molecule has 3 heterocycles. The van der Waals surface area contributed by atoms with E-state index in [1.165, 1.54) is 0 Å². The number of aromatic amines is 1. The highest BCUT2D eigenvalue weighted by atomic mass is 16.3. The Hall–Kier alpha value is -2.28. The van der Waals surface area contributed by atoms with Gasteiger partial charge < -0.3 is 10.0 Å². The van der Waals surface area contributed by atoms with Gasteiger partial charge in [-0.25, -0.2) is 9.97 Å². The fourth-order valence-corrected chi connectivity index (χ4v) is 3.06. The summed E-state index contributed by atoms with van der Waals surface area (Å²) >= 11 is 0. The number of carbonyl (C=O) groups excluding carboxylic acids is 1. The van der Waals surface area contributed by atoms with Crippen LogP contribution in [0.1, 0.15) is 33.4 Å². The molecular formula is C16H21N5O2. The lowest BCUT2D eigenvalue weighted by Crippen LogP contribution is -2.30. The van der Waals surface area contributed by atoms with Crippen LogP contribution in [0, 0.1) is 26.7 Å². The molecule has 7 nitrogen and oxygen atoms in total. The Balaban J connectivity index is 1.71. The third-order valence-corrected chi connectivity index (χ3v) is 4.11.